The molecule has 2 rings (SSSR count). The number of aryl methyl sites for hydroxylation is 1. The molecule has 2 unspecified atom stereocenters. The van der Waals surface area contributed by atoms with Gasteiger partial charge in [0.05, 0.1) is 7.11 Å². The highest BCUT2D eigenvalue weighted by atomic mass is 32.1. The van der Waals surface area contributed by atoms with Gasteiger partial charge < -0.3 is 14.3 Å². The molecule has 2 aromatic heterocycles. The number of carbonyl (C=O) groups is 2. The number of hydrogen-bond donors (Lipinski definition) is 2. The Labute approximate surface area is 192 Å². The number of rotatable bonds is 10. The molecule has 0 saturated heterocycles. The maximum absolute atomic E-state index is 13.3. The molecule has 0 spiro atoms. The van der Waals surface area contributed by atoms with Crippen molar-refractivity contribution in [1.82, 2.24) is 5.32 Å². The van der Waals surface area contributed by atoms with E-state index in [-0.39, 0.29) is 17.2 Å². The van der Waals surface area contributed by atoms with Crippen LogP contribution in [0.15, 0.2) is 39.7 Å². The zero-order valence-corrected chi connectivity index (χ0v) is 20.0. The highest BCUT2D eigenvalue weighted by molar-refractivity contribution is 7.11. The van der Waals surface area contributed by atoms with Crippen molar-refractivity contribution in [2.75, 3.05) is 7.11 Å². The number of aromatic hydroxyl groups is 1. The number of ether oxygens (including phenoxy) is 1. The number of carbonyl (C=O) groups excluding carboxylic acids is 2. The molecule has 2 aromatic rings. The van der Waals surface area contributed by atoms with Gasteiger partial charge in [0.1, 0.15) is 17.1 Å². The van der Waals surface area contributed by atoms with Gasteiger partial charge in [0.2, 0.25) is 0 Å². The minimum Gasteiger partial charge on any atom is -0.507 e. The van der Waals surface area contributed by atoms with E-state index in [0.29, 0.717) is 31.4 Å². The van der Waals surface area contributed by atoms with Crippen molar-refractivity contribution in [3.8, 4) is 5.75 Å². The second-order valence-electron chi connectivity index (χ2n) is 8.15. The summed E-state index contributed by atoms with van der Waals surface area (Å²) in [5, 5.41) is 13.0. The van der Waals surface area contributed by atoms with Crippen LogP contribution >= 0.6 is 11.3 Å². The number of alkyl carbamates (subject to hydrolysis) is 1. The van der Waals surface area contributed by atoms with Gasteiger partial charge in [-0.25, -0.2) is 9.59 Å². The van der Waals surface area contributed by atoms with Gasteiger partial charge in [-0.15, -0.1) is 11.3 Å². The Morgan fingerprint density at radius 1 is 1.38 bits per heavy atom. The molecule has 0 fully saturated rings. The molecule has 0 aliphatic heterocycles. The summed E-state index contributed by atoms with van der Waals surface area (Å²) in [5.41, 5.74) is -1.93. The van der Waals surface area contributed by atoms with Crippen LogP contribution in [-0.4, -0.2) is 24.1 Å². The first-order valence-corrected chi connectivity index (χ1v) is 11.4. The lowest BCUT2D eigenvalue weighted by atomic mass is 9.77. The summed E-state index contributed by atoms with van der Waals surface area (Å²) < 4.78 is 9.90. The van der Waals surface area contributed by atoms with Gasteiger partial charge in [0, 0.05) is 33.4 Å². The highest BCUT2D eigenvalue weighted by Gasteiger charge is 2.37. The first-order chi connectivity index (χ1) is 15.1. The van der Waals surface area contributed by atoms with E-state index >= 15 is 0 Å². The van der Waals surface area contributed by atoms with Crippen LogP contribution in [0.1, 0.15) is 71.8 Å². The molecule has 174 valence electrons. The zero-order chi connectivity index (χ0) is 23.9. The second-order valence-corrected chi connectivity index (χ2v) is 9.52. The average molecular weight is 462 g/mol. The second kappa shape index (κ2) is 11.1. The number of Topliss-reactive ketones (excluding diaryl/α,β-unsaturated/α-hetero) is 1. The molecule has 2 atom stereocenters. The molecule has 32 heavy (non-hydrogen) atoms. The third-order valence-electron chi connectivity index (χ3n) is 5.62. The van der Waals surface area contributed by atoms with Gasteiger partial charge in [0.25, 0.3) is 0 Å². The molecule has 2 N–H and O–H groups in total. The van der Waals surface area contributed by atoms with E-state index in [4.69, 9.17) is 4.42 Å². The molecule has 0 bridgehead atoms. The van der Waals surface area contributed by atoms with Crippen LogP contribution in [0.2, 0.25) is 0 Å². The van der Waals surface area contributed by atoms with E-state index in [1.165, 1.54) is 19.4 Å². The zero-order valence-electron chi connectivity index (χ0n) is 19.2. The molecule has 0 radical (unpaired) electrons. The van der Waals surface area contributed by atoms with Crippen LogP contribution < -0.4 is 10.9 Å². The topological polar surface area (TPSA) is 106 Å². The number of amides is 1. The number of hydrogen-bond acceptors (Lipinski definition) is 7. The van der Waals surface area contributed by atoms with E-state index in [1.807, 2.05) is 39.8 Å². The number of allylic oxidation sites excluding steroid dienone is 1. The lowest BCUT2D eigenvalue weighted by Crippen LogP contribution is -2.33. The SMILES string of the molecule is CCC(C)(Cc1ccc(C)s1)C(=O)c1c(O)cc(C(C)CC/C=C/NC(=O)OC)oc1=O. The van der Waals surface area contributed by atoms with Gasteiger partial charge in [-0.1, -0.05) is 26.8 Å². The van der Waals surface area contributed by atoms with Crippen molar-refractivity contribution in [2.45, 2.75) is 59.3 Å². The Kier molecular flexibility index (Phi) is 8.83. The summed E-state index contributed by atoms with van der Waals surface area (Å²) in [6.07, 6.45) is 4.90. The summed E-state index contributed by atoms with van der Waals surface area (Å²) in [4.78, 5) is 39.2. The first kappa shape index (κ1) is 25.4. The monoisotopic (exact) mass is 461 g/mol. The van der Waals surface area contributed by atoms with Crippen molar-refractivity contribution in [3.05, 3.63) is 62.0 Å². The van der Waals surface area contributed by atoms with Crippen LogP contribution in [0.5, 0.6) is 5.75 Å². The number of ketones is 1. The van der Waals surface area contributed by atoms with Gasteiger partial charge in [-0.05, 0) is 44.7 Å². The highest BCUT2D eigenvalue weighted by Crippen LogP contribution is 2.35. The molecule has 1 amide bonds. The fourth-order valence-corrected chi connectivity index (χ4v) is 4.42. The molecule has 2 heterocycles. The van der Waals surface area contributed by atoms with Crippen molar-refractivity contribution in [2.24, 2.45) is 5.41 Å². The summed E-state index contributed by atoms with van der Waals surface area (Å²) in [6.45, 7) is 7.58. The molecule has 7 nitrogen and oxygen atoms in total. The van der Waals surface area contributed by atoms with E-state index in [1.54, 1.807) is 17.4 Å². The largest absolute Gasteiger partial charge is 0.507 e. The Balaban J connectivity index is 2.16. The number of methoxy groups -OCH3 is 1. The molecule has 0 aliphatic carbocycles. The van der Waals surface area contributed by atoms with Crippen LogP contribution in [0.4, 0.5) is 4.79 Å². The molecule has 0 aliphatic rings. The third kappa shape index (κ3) is 6.32. The lowest BCUT2D eigenvalue weighted by molar-refractivity contribution is 0.0801. The Morgan fingerprint density at radius 3 is 2.66 bits per heavy atom. The van der Waals surface area contributed by atoms with Crippen molar-refractivity contribution in [3.63, 3.8) is 0 Å². The Hall–Kier alpha value is -2.87. The van der Waals surface area contributed by atoms with Gasteiger partial charge in [-0.2, -0.15) is 0 Å². The molecular weight excluding hydrogens is 430 g/mol. The fourth-order valence-electron chi connectivity index (χ4n) is 3.34. The van der Waals surface area contributed by atoms with Crippen LogP contribution in [0.25, 0.3) is 0 Å². The van der Waals surface area contributed by atoms with Gasteiger partial charge >= 0.3 is 11.7 Å². The van der Waals surface area contributed by atoms with E-state index in [2.05, 4.69) is 10.1 Å². The Morgan fingerprint density at radius 2 is 2.09 bits per heavy atom. The normalized spacial score (nSPS) is 14.2. The van der Waals surface area contributed by atoms with E-state index in [0.717, 1.165) is 9.75 Å². The van der Waals surface area contributed by atoms with Crippen LogP contribution in [-0.2, 0) is 11.2 Å². The first-order valence-electron chi connectivity index (χ1n) is 10.6. The van der Waals surface area contributed by atoms with Crippen LogP contribution in [0.3, 0.4) is 0 Å². The number of nitrogens with one attached hydrogen (secondary N) is 1. The summed E-state index contributed by atoms with van der Waals surface area (Å²) in [6, 6.07) is 5.35. The maximum Gasteiger partial charge on any atom is 0.410 e. The minimum atomic E-state index is -0.825. The molecule has 0 aromatic carbocycles. The Bertz CT molecular complexity index is 1040. The van der Waals surface area contributed by atoms with Crippen molar-refractivity contribution in [1.29, 1.82) is 0 Å². The smallest absolute Gasteiger partial charge is 0.410 e. The van der Waals surface area contributed by atoms with Crippen LogP contribution in [0, 0.1) is 12.3 Å². The summed E-state index contributed by atoms with van der Waals surface area (Å²) >= 11 is 1.62. The predicted molar refractivity (Wildman–Crippen MR) is 124 cm³/mol. The van der Waals surface area contributed by atoms with Crippen molar-refractivity contribution >= 4 is 23.2 Å². The van der Waals surface area contributed by atoms with E-state index < -0.39 is 22.9 Å². The molecule has 0 saturated carbocycles. The van der Waals surface area contributed by atoms with Gasteiger partial charge in [-0.3, -0.25) is 10.1 Å². The minimum absolute atomic E-state index is 0.174. The van der Waals surface area contributed by atoms with Gasteiger partial charge in [0.15, 0.2) is 5.78 Å². The molecule has 8 heteroatoms. The summed E-state index contributed by atoms with van der Waals surface area (Å²) in [7, 11) is 1.28. The standard InChI is InChI=1S/C24H31NO6S/c1-6-24(4,14-17-11-10-16(3)32-17)21(27)20-18(26)13-19(31-22(20)28)15(2)9-7-8-12-25-23(29)30-5/h8,10-13,15,26H,6-7,9,14H2,1-5H3,(H,25,29)/b12-8+. The average Bonchev–Trinajstić information content (AvgIpc) is 3.16. The molecular formula is C24H31NO6S. The quantitative estimate of drug-likeness (QED) is 0.465. The lowest BCUT2D eigenvalue weighted by Gasteiger charge is -2.26. The summed E-state index contributed by atoms with van der Waals surface area (Å²) in [5.74, 6) is -0.621. The number of thiophene rings is 1. The van der Waals surface area contributed by atoms with E-state index in [9.17, 15) is 19.5 Å². The third-order valence-corrected chi connectivity index (χ3v) is 6.62. The predicted octanol–water partition coefficient (Wildman–Crippen LogP) is 5.31. The maximum atomic E-state index is 13.3. The fraction of sp³-hybridized carbons (Fsp3) is 0.458. The van der Waals surface area contributed by atoms with Crippen molar-refractivity contribution < 1.29 is 23.8 Å².